The number of rotatable bonds is 6. The number of carbonyl (C=O) groups excluding carboxylic acids is 1. The Labute approximate surface area is 127 Å². The first-order valence-corrected chi connectivity index (χ1v) is 8.79. The molecule has 4 bridgehead atoms. The fourth-order valence-corrected chi connectivity index (χ4v) is 5.45. The van der Waals surface area contributed by atoms with E-state index in [-0.39, 0.29) is 11.8 Å². The molecule has 0 aliphatic heterocycles. The monoisotopic (exact) mass is 296 g/mol. The van der Waals surface area contributed by atoms with Gasteiger partial charge >= 0.3 is 5.97 Å². The predicted molar refractivity (Wildman–Crippen MR) is 80.6 cm³/mol. The molecule has 0 heterocycles. The molecule has 2 nitrogen and oxygen atoms in total. The Bertz CT molecular complexity index is 367. The topological polar surface area (TPSA) is 26.3 Å². The Kier molecular flexibility index (Phi) is 4.04. The first-order valence-electron chi connectivity index (χ1n) is 8.79. The van der Waals surface area contributed by atoms with Crippen LogP contribution in [0.2, 0.25) is 0 Å². The fourth-order valence-electron chi connectivity index (χ4n) is 5.45. The van der Waals surface area contributed by atoms with Crippen LogP contribution >= 0.6 is 0 Å². The standard InChI is InChI=1S/C18H29FO2/c1-3-4-5-17(2,19)16(20)21-12-18-9-13-6-14(10-18)8-15(7-13)11-18/h13-15H,3-12H2,1-2H3. The molecule has 1 unspecified atom stereocenters. The smallest absolute Gasteiger partial charge is 0.343 e. The lowest BCUT2D eigenvalue weighted by Crippen LogP contribution is -2.49. The molecule has 0 spiro atoms. The van der Waals surface area contributed by atoms with Crippen LogP contribution in [0.15, 0.2) is 0 Å². The summed E-state index contributed by atoms with van der Waals surface area (Å²) < 4.78 is 19.8. The number of hydrogen-bond donors (Lipinski definition) is 0. The third-order valence-corrected chi connectivity index (χ3v) is 6.10. The summed E-state index contributed by atoms with van der Waals surface area (Å²) in [4.78, 5) is 12.1. The van der Waals surface area contributed by atoms with Crippen molar-refractivity contribution in [1.29, 1.82) is 0 Å². The molecule has 4 aliphatic rings. The second-order valence-corrected chi connectivity index (χ2v) is 8.29. The van der Waals surface area contributed by atoms with E-state index in [0.29, 0.717) is 6.61 Å². The maximum Gasteiger partial charge on any atom is 0.343 e. The molecule has 120 valence electrons. The predicted octanol–water partition coefficient (Wildman–Crippen LogP) is 4.66. The SMILES string of the molecule is CCCCC(C)(F)C(=O)OCC12CC3CC(CC(C3)C1)C2. The van der Waals surface area contributed by atoms with Crippen LogP contribution in [-0.4, -0.2) is 18.2 Å². The zero-order valence-corrected chi connectivity index (χ0v) is 13.5. The molecular weight excluding hydrogens is 267 g/mol. The minimum Gasteiger partial charge on any atom is -0.463 e. The van der Waals surface area contributed by atoms with Gasteiger partial charge in [-0.3, -0.25) is 0 Å². The number of ether oxygens (including phenoxy) is 1. The van der Waals surface area contributed by atoms with Crippen LogP contribution in [0.5, 0.6) is 0 Å². The summed E-state index contributed by atoms with van der Waals surface area (Å²) in [5.74, 6) is 1.89. The van der Waals surface area contributed by atoms with Gasteiger partial charge in [0.05, 0.1) is 6.61 Å². The highest BCUT2D eigenvalue weighted by Gasteiger charge is 2.51. The highest BCUT2D eigenvalue weighted by Crippen LogP contribution is 2.60. The first kappa shape index (κ1) is 15.3. The Morgan fingerprint density at radius 1 is 1.19 bits per heavy atom. The van der Waals surface area contributed by atoms with Gasteiger partial charge < -0.3 is 4.74 Å². The zero-order valence-electron chi connectivity index (χ0n) is 13.5. The average Bonchev–Trinajstić information content (AvgIpc) is 2.41. The van der Waals surface area contributed by atoms with E-state index in [1.54, 1.807) is 0 Å². The number of unbranched alkanes of at least 4 members (excludes halogenated alkanes) is 1. The molecule has 0 saturated heterocycles. The number of carbonyl (C=O) groups is 1. The third-order valence-electron chi connectivity index (χ3n) is 6.10. The molecule has 4 fully saturated rings. The van der Waals surface area contributed by atoms with E-state index in [1.807, 2.05) is 6.92 Å². The van der Waals surface area contributed by atoms with E-state index in [4.69, 9.17) is 4.74 Å². The first-order chi connectivity index (χ1) is 9.92. The molecule has 0 amide bonds. The Hall–Kier alpha value is -0.600. The van der Waals surface area contributed by atoms with Gasteiger partial charge in [-0.05, 0) is 76.0 Å². The summed E-state index contributed by atoms with van der Waals surface area (Å²) >= 11 is 0. The zero-order chi connectivity index (χ0) is 15.1. The van der Waals surface area contributed by atoms with Gasteiger partial charge in [-0.15, -0.1) is 0 Å². The molecule has 4 aliphatic carbocycles. The highest BCUT2D eigenvalue weighted by atomic mass is 19.1. The lowest BCUT2D eigenvalue weighted by molar-refractivity contribution is -0.168. The fraction of sp³-hybridized carbons (Fsp3) is 0.944. The van der Waals surface area contributed by atoms with Crippen molar-refractivity contribution in [2.24, 2.45) is 23.2 Å². The molecule has 0 aromatic carbocycles. The lowest BCUT2D eigenvalue weighted by atomic mass is 9.50. The van der Waals surface area contributed by atoms with E-state index < -0.39 is 11.6 Å². The molecular formula is C18H29FO2. The molecule has 3 heteroatoms. The van der Waals surface area contributed by atoms with Gasteiger partial charge in [-0.25, -0.2) is 9.18 Å². The van der Waals surface area contributed by atoms with E-state index >= 15 is 0 Å². The van der Waals surface area contributed by atoms with Crippen LogP contribution in [0, 0.1) is 23.2 Å². The van der Waals surface area contributed by atoms with Gasteiger partial charge in [-0.1, -0.05) is 13.3 Å². The number of esters is 1. The second kappa shape index (κ2) is 5.55. The van der Waals surface area contributed by atoms with Gasteiger partial charge in [-0.2, -0.15) is 0 Å². The van der Waals surface area contributed by atoms with E-state index in [2.05, 4.69) is 0 Å². The van der Waals surface area contributed by atoms with Crippen LogP contribution in [0.1, 0.15) is 71.6 Å². The van der Waals surface area contributed by atoms with E-state index in [9.17, 15) is 9.18 Å². The van der Waals surface area contributed by atoms with Gasteiger partial charge in [0.2, 0.25) is 5.67 Å². The molecule has 1 atom stereocenters. The van der Waals surface area contributed by atoms with Crippen molar-refractivity contribution < 1.29 is 13.9 Å². The minimum atomic E-state index is -1.81. The number of alkyl halides is 1. The molecule has 4 saturated carbocycles. The average molecular weight is 296 g/mol. The van der Waals surface area contributed by atoms with E-state index in [1.165, 1.54) is 45.4 Å². The Morgan fingerprint density at radius 2 is 1.71 bits per heavy atom. The summed E-state index contributed by atoms with van der Waals surface area (Å²) in [5, 5.41) is 0. The molecule has 4 rings (SSSR count). The van der Waals surface area contributed by atoms with Crippen molar-refractivity contribution in [1.82, 2.24) is 0 Å². The van der Waals surface area contributed by atoms with Crippen LogP contribution in [-0.2, 0) is 9.53 Å². The molecule has 0 aromatic rings. The second-order valence-electron chi connectivity index (χ2n) is 8.29. The summed E-state index contributed by atoms with van der Waals surface area (Å²) in [6.45, 7) is 3.85. The Morgan fingerprint density at radius 3 is 2.19 bits per heavy atom. The summed E-state index contributed by atoms with van der Waals surface area (Å²) in [6.07, 6.45) is 9.66. The summed E-state index contributed by atoms with van der Waals surface area (Å²) in [7, 11) is 0. The number of halogens is 1. The molecule has 0 radical (unpaired) electrons. The summed E-state index contributed by atoms with van der Waals surface area (Å²) in [6, 6.07) is 0. The van der Waals surface area contributed by atoms with E-state index in [0.717, 1.165) is 30.6 Å². The molecule has 21 heavy (non-hydrogen) atoms. The number of hydrogen-bond acceptors (Lipinski definition) is 2. The van der Waals surface area contributed by atoms with Crippen molar-refractivity contribution in [2.45, 2.75) is 77.3 Å². The lowest BCUT2D eigenvalue weighted by Gasteiger charge is -2.56. The van der Waals surface area contributed by atoms with Gasteiger partial charge in [0.15, 0.2) is 0 Å². The van der Waals surface area contributed by atoms with Gasteiger partial charge in [0, 0.05) is 5.41 Å². The van der Waals surface area contributed by atoms with Gasteiger partial charge in [0.25, 0.3) is 0 Å². The highest BCUT2D eigenvalue weighted by molar-refractivity contribution is 5.78. The molecule has 0 N–H and O–H groups in total. The van der Waals surface area contributed by atoms with Crippen molar-refractivity contribution in [3.05, 3.63) is 0 Å². The normalized spacial score (nSPS) is 40.0. The molecule has 0 aromatic heterocycles. The van der Waals surface area contributed by atoms with Crippen LogP contribution < -0.4 is 0 Å². The maximum atomic E-state index is 14.4. The van der Waals surface area contributed by atoms with Crippen molar-refractivity contribution in [3.8, 4) is 0 Å². The maximum absolute atomic E-state index is 14.4. The quantitative estimate of drug-likeness (QED) is 0.666. The van der Waals surface area contributed by atoms with Crippen LogP contribution in [0.4, 0.5) is 4.39 Å². The van der Waals surface area contributed by atoms with Crippen LogP contribution in [0.25, 0.3) is 0 Å². The Balaban J connectivity index is 1.56. The van der Waals surface area contributed by atoms with Crippen molar-refractivity contribution in [3.63, 3.8) is 0 Å². The largest absolute Gasteiger partial charge is 0.463 e. The van der Waals surface area contributed by atoms with Crippen molar-refractivity contribution >= 4 is 5.97 Å². The third kappa shape index (κ3) is 3.12. The minimum absolute atomic E-state index is 0.186. The van der Waals surface area contributed by atoms with Crippen LogP contribution in [0.3, 0.4) is 0 Å². The summed E-state index contributed by atoms with van der Waals surface area (Å²) in [5.41, 5.74) is -1.62. The van der Waals surface area contributed by atoms with Crippen molar-refractivity contribution in [2.75, 3.05) is 6.61 Å². The van der Waals surface area contributed by atoms with Gasteiger partial charge in [0.1, 0.15) is 0 Å².